The third kappa shape index (κ3) is 3.47. The molecule has 0 unspecified atom stereocenters. The van der Waals surface area contributed by atoms with Crippen LogP contribution in [0.2, 0.25) is 0 Å². The van der Waals surface area contributed by atoms with Crippen molar-refractivity contribution in [2.24, 2.45) is 0 Å². The highest BCUT2D eigenvalue weighted by atomic mass is 32.3. The summed E-state index contributed by atoms with van der Waals surface area (Å²) in [5, 5.41) is 0.291. The lowest BCUT2D eigenvalue weighted by molar-refractivity contribution is -0.142. The van der Waals surface area contributed by atoms with E-state index in [-0.39, 0.29) is 24.4 Å². The zero-order valence-corrected chi connectivity index (χ0v) is 11.3. The van der Waals surface area contributed by atoms with Crippen molar-refractivity contribution in [3.8, 4) is 5.75 Å². The minimum atomic E-state index is -5.16. The molecule has 0 aliphatic heterocycles. The van der Waals surface area contributed by atoms with E-state index in [0.717, 1.165) is 0 Å². The van der Waals surface area contributed by atoms with E-state index in [1.54, 1.807) is 6.92 Å². The predicted molar refractivity (Wildman–Crippen MR) is 67.2 cm³/mol. The topological polar surface area (TPSA) is 82.8 Å². The summed E-state index contributed by atoms with van der Waals surface area (Å²) >= 11 is 0. The molecule has 20 heavy (non-hydrogen) atoms. The van der Waals surface area contributed by atoms with Gasteiger partial charge >= 0.3 is 16.5 Å². The van der Waals surface area contributed by atoms with Gasteiger partial charge in [0.1, 0.15) is 5.58 Å². The molecule has 1 aromatic heterocycles. The normalized spacial score (nSPS) is 11.5. The van der Waals surface area contributed by atoms with Gasteiger partial charge in [-0.25, -0.2) is 0 Å². The Labute approximate surface area is 114 Å². The van der Waals surface area contributed by atoms with Crippen LogP contribution < -0.4 is 4.18 Å². The van der Waals surface area contributed by atoms with Crippen molar-refractivity contribution in [3.63, 3.8) is 0 Å². The van der Waals surface area contributed by atoms with Crippen molar-refractivity contribution in [1.82, 2.24) is 0 Å². The Balaban J connectivity index is 2.39. The molecule has 0 N–H and O–H groups in total. The number of hydrogen-bond acceptors (Lipinski definition) is 6. The molecule has 0 spiro atoms. The zero-order chi connectivity index (χ0) is 14.8. The summed E-state index contributed by atoms with van der Waals surface area (Å²) in [6.45, 7) is 1.89. The first-order valence-corrected chi connectivity index (χ1v) is 6.99. The summed E-state index contributed by atoms with van der Waals surface area (Å²) in [5.74, 6) is -0.731. The summed E-state index contributed by atoms with van der Waals surface area (Å²) in [5.41, 5.74) is 0.676. The van der Waals surface area contributed by atoms with E-state index < -0.39 is 16.5 Å². The third-order valence-electron chi connectivity index (χ3n) is 2.44. The highest BCUT2D eigenvalue weighted by Gasteiger charge is 2.16. The van der Waals surface area contributed by atoms with Gasteiger partial charge in [0.25, 0.3) is 0 Å². The van der Waals surface area contributed by atoms with Gasteiger partial charge in [-0.3, -0.25) is 4.79 Å². The van der Waals surface area contributed by atoms with Gasteiger partial charge in [0.15, 0.2) is 5.75 Å². The number of carbonyl (C=O) groups excluding carboxylic acids is 1. The first-order chi connectivity index (χ1) is 9.39. The number of ether oxygens (including phenoxy) is 1. The van der Waals surface area contributed by atoms with Crippen LogP contribution in [0, 0.1) is 0 Å². The van der Waals surface area contributed by atoms with E-state index in [4.69, 9.17) is 9.15 Å². The smallest absolute Gasteiger partial charge is 0.466 e. The van der Waals surface area contributed by atoms with Gasteiger partial charge in [0.05, 0.1) is 24.7 Å². The summed E-state index contributed by atoms with van der Waals surface area (Å²) in [6.07, 6.45) is 1.20. The van der Waals surface area contributed by atoms with Crippen LogP contribution in [0.25, 0.3) is 11.0 Å². The summed E-state index contributed by atoms with van der Waals surface area (Å²) < 4.78 is 48.0. The fourth-order valence-electron chi connectivity index (χ4n) is 1.75. The van der Waals surface area contributed by atoms with Gasteiger partial charge < -0.3 is 13.3 Å². The van der Waals surface area contributed by atoms with Crippen molar-refractivity contribution >= 4 is 27.4 Å². The van der Waals surface area contributed by atoms with Crippen LogP contribution in [0.1, 0.15) is 12.5 Å². The Morgan fingerprint density at radius 3 is 2.80 bits per heavy atom. The van der Waals surface area contributed by atoms with Gasteiger partial charge in [-0.05, 0) is 30.7 Å². The Morgan fingerprint density at radius 1 is 1.40 bits per heavy atom. The van der Waals surface area contributed by atoms with Gasteiger partial charge in [-0.2, -0.15) is 8.42 Å². The molecule has 0 radical (unpaired) electrons. The van der Waals surface area contributed by atoms with Crippen LogP contribution in [-0.4, -0.2) is 21.0 Å². The number of rotatable bonds is 5. The molecular formula is C12H11FO6S. The lowest BCUT2D eigenvalue weighted by atomic mass is 10.1. The summed E-state index contributed by atoms with van der Waals surface area (Å²) in [4.78, 5) is 11.4. The molecule has 8 heteroatoms. The first-order valence-electron chi connectivity index (χ1n) is 5.69. The van der Waals surface area contributed by atoms with E-state index in [9.17, 15) is 17.1 Å². The van der Waals surface area contributed by atoms with Crippen LogP contribution >= 0.6 is 0 Å². The molecule has 0 fully saturated rings. The minimum absolute atomic E-state index is 0.104. The third-order valence-corrected chi connectivity index (χ3v) is 2.82. The molecule has 0 saturated carbocycles. The molecular weight excluding hydrogens is 291 g/mol. The molecule has 0 bridgehead atoms. The molecule has 108 valence electrons. The highest BCUT2D eigenvalue weighted by molar-refractivity contribution is 7.81. The second kappa shape index (κ2) is 5.49. The van der Waals surface area contributed by atoms with E-state index >= 15 is 0 Å². The van der Waals surface area contributed by atoms with E-state index in [0.29, 0.717) is 10.9 Å². The molecule has 6 nitrogen and oxygen atoms in total. The zero-order valence-electron chi connectivity index (χ0n) is 10.5. The molecule has 0 aliphatic rings. The van der Waals surface area contributed by atoms with Crippen LogP contribution in [0.5, 0.6) is 5.75 Å². The van der Waals surface area contributed by atoms with Crippen LogP contribution in [0.3, 0.4) is 0 Å². The number of halogens is 1. The molecule has 0 amide bonds. The van der Waals surface area contributed by atoms with E-state index in [1.165, 1.54) is 24.5 Å². The monoisotopic (exact) mass is 302 g/mol. The number of furan rings is 1. The Bertz CT molecular complexity index is 733. The number of carbonyl (C=O) groups is 1. The molecule has 2 aromatic rings. The van der Waals surface area contributed by atoms with Crippen molar-refractivity contribution < 1.29 is 30.4 Å². The summed E-state index contributed by atoms with van der Waals surface area (Å²) in [6, 6.07) is 4.22. The van der Waals surface area contributed by atoms with Gasteiger partial charge in [0, 0.05) is 0 Å². The lowest BCUT2D eigenvalue weighted by Crippen LogP contribution is -2.08. The molecule has 1 heterocycles. The fourth-order valence-corrected chi connectivity index (χ4v) is 2.10. The van der Waals surface area contributed by atoms with Crippen molar-refractivity contribution in [2.75, 3.05) is 6.61 Å². The second-order valence-electron chi connectivity index (χ2n) is 3.88. The van der Waals surface area contributed by atoms with Crippen LogP contribution in [0.4, 0.5) is 3.89 Å². The Hall–Kier alpha value is -2.09. The lowest BCUT2D eigenvalue weighted by Gasteiger charge is -2.06. The first kappa shape index (κ1) is 14.3. The average Bonchev–Trinajstić information content (AvgIpc) is 2.75. The van der Waals surface area contributed by atoms with E-state index in [2.05, 4.69) is 4.18 Å². The highest BCUT2D eigenvalue weighted by Crippen LogP contribution is 2.30. The standard InChI is InChI=1S/C12H11FO6S/c1-2-17-12(14)7-8-5-10-9(3-4-18-10)11(6-8)19-20(13,15)16/h3-6H,2,7H2,1H3. The fraction of sp³-hybridized carbons (Fsp3) is 0.250. The van der Waals surface area contributed by atoms with E-state index in [1.807, 2.05) is 0 Å². The van der Waals surface area contributed by atoms with Gasteiger partial charge in [-0.15, -0.1) is 0 Å². The van der Waals surface area contributed by atoms with Crippen molar-refractivity contribution in [3.05, 3.63) is 30.0 Å². The van der Waals surface area contributed by atoms with Gasteiger partial charge in [0.2, 0.25) is 0 Å². The maximum absolute atomic E-state index is 12.7. The SMILES string of the molecule is CCOC(=O)Cc1cc(OS(=O)(=O)F)c2ccoc2c1. The number of esters is 1. The maximum Gasteiger partial charge on any atom is 0.488 e. The summed E-state index contributed by atoms with van der Waals surface area (Å²) in [7, 11) is -5.16. The number of benzene rings is 1. The number of fused-ring (bicyclic) bond motifs is 1. The largest absolute Gasteiger partial charge is 0.488 e. The maximum atomic E-state index is 12.7. The molecule has 2 rings (SSSR count). The molecule has 0 saturated heterocycles. The molecule has 0 atom stereocenters. The Kier molecular flexibility index (Phi) is 3.93. The van der Waals surface area contributed by atoms with Gasteiger partial charge in [-0.1, -0.05) is 3.89 Å². The second-order valence-corrected chi connectivity index (χ2v) is 4.84. The van der Waals surface area contributed by atoms with Crippen molar-refractivity contribution in [2.45, 2.75) is 13.3 Å². The van der Waals surface area contributed by atoms with Crippen LogP contribution in [-0.2, 0) is 26.5 Å². The minimum Gasteiger partial charge on any atom is -0.466 e. The van der Waals surface area contributed by atoms with Crippen molar-refractivity contribution in [1.29, 1.82) is 0 Å². The molecule has 0 aliphatic carbocycles. The molecule has 1 aromatic carbocycles. The quantitative estimate of drug-likeness (QED) is 0.621. The average molecular weight is 302 g/mol. The number of hydrogen-bond donors (Lipinski definition) is 0. The Morgan fingerprint density at radius 2 is 2.15 bits per heavy atom. The van der Waals surface area contributed by atoms with Crippen LogP contribution in [0.15, 0.2) is 28.9 Å². The predicted octanol–water partition coefficient (Wildman–Crippen LogP) is 2.13.